The summed E-state index contributed by atoms with van der Waals surface area (Å²) in [5.41, 5.74) is 0.879. The first-order valence-electron chi connectivity index (χ1n) is 6.86. The van der Waals surface area contributed by atoms with Crippen molar-refractivity contribution in [2.75, 3.05) is 6.54 Å². The van der Waals surface area contributed by atoms with Crippen LogP contribution in [0.1, 0.15) is 32.3 Å². The molecule has 4 nitrogen and oxygen atoms in total. The van der Waals surface area contributed by atoms with Crippen LogP contribution < -0.4 is 10.0 Å². The van der Waals surface area contributed by atoms with Gasteiger partial charge in [-0.3, -0.25) is 0 Å². The Morgan fingerprint density at radius 1 is 1.32 bits per heavy atom. The van der Waals surface area contributed by atoms with E-state index in [1.807, 2.05) is 19.1 Å². The number of rotatable bonds is 7. The van der Waals surface area contributed by atoms with Gasteiger partial charge in [0, 0.05) is 12.1 Å². The Hall–Kier alpha value is -0.910. The van der Waals surface area contributed by atoms with Crippen molar-refractivity contribution in [1.82, 2.24) is 10.0 Å². The van der Waals surface area contributed by atoms with Crippen LogP contribution in [0.4, 0.5) is 0 Å². The van der Waals surface area contributed by atoms with Crippen LogP contribution in [-0.4, -0.2) is 27.0 Å². The number of benzene rings is 1. The Balaban J connectivity index is 2.19. The Morgan fingerprint density at radius 2 is 2.00 bits per heavy atom. The lowest BCUT2D eigenvalue weighted by molar-refractivity contribution is 0.555. The summed E-state index contributed by atoms with van der Waals surface area (Å²) in [6, 6.07) is 7.67. The Kier molecular flexibility index (Phi) is 4.60. The summed E-state index contributed by atoms with van der Waals surface area (Å²) in [4.78, 5) is 0.423. The smallest absolute Gasteiger partial charge is 0.241 e. The molecule has 1 aromatic carbocycles. The summed E-state index contributed by atoms with van der Waals surface area (Å²) in [6.45, 7) is 5.01. The van der Waals surface area contributed by atoms with Gasteiger partial charge >= 0.3 is 0 Å². The second kappa shape index (κ2) is 6.03. The van der Waals surface area contributed by atoms with Crippen molar-refractivity contribution in [3.05, 3.63) is 29.8 Å². The maximum absolute atomic E-state index is 12.3. The van der Waals surface area contributed by atoms with Gasteiger partial charge in [-0.1, -0.05) is 25.1 Å². The first kappa shape index (κ1) is 14.5. The third kappa shape index (κ3) is 4.03. The number of nitrogens with one attached hydrogen (secondary N) is 2. The van der Waals surface area contributed by atoms with Gasteiger partial charge in [-0.25, -0.2) is 13.1 Å². The van der Waals surface area contributed by atoms with E-state index in [-0.39, 0.29) is 12.1 Å². The molecule has 5 heteroatoms. The normalized spacial score (nSPS) is 17.4. The highest BCUT2D eigenvalue weighted by Crippen LogP contribution is 2.24. The van der Waals surface area contributed by atoms with Crippen molar-refractivity contribution in [3.63, 3.8) is 0 Å². The Labute approximate surface area is 115 Å². The molecule has 19 heavy (non-hydrogen) atoms. The molecule has 0 radical (unpaired) electrons. The molecule has 1 unspecified atom stereocenters. The second-order valence-corrected chi connectivity index (χ2v) is 6.85. The fourth-order valence-corrected chi connectivity index (χ4v) is 3.72. The van der Waals surface area contributed by atoms with E-state index in [4.69, 9.17) is 0 Å². The summed E-state index contributed by atoms with van der Waals surface area (Å²) < 4.78 is 27.4. The van der Waals surface area contributed by atoms with Crippen LogP contribution in [0.25, 0.3) is 0 Å². The molecule has 2 N–H and O–H groups in total. The van der Waals surface area contributed by atoms with Gasteiger partial charge in [-0.2, -0.15) is 0 Å². The average molecular weight is 282 g/mol. The van der Waals surface area contributed by atoms with E-state index in [0.29, 0.717) is 4.90 Å². The topological polar surface area (TPSA) is 58.2 Å². The first-order valence-corrected chi connectivity index (χ1v) is 8.35. The zero-order valence-electron chi connectivity index (χ0n) is 11.5. The predicted molar refractivity (Wildman–Crippen MR) is 76.6 cm³/mol. The van der Waals surface area contributed by atoms with Gasteiger partial charge in [-0.15, -0.1) is 0 Å². The summed E-state index contributed by atoms with van der Waals surface area (Å²) in [5.74, 6) is 0. The molecule has 0 bridgehead atoms. The summed E-state index contributed by atoms with van der Waals surface area (Å²) in [6.07, 6.45) is 2.62. The second-order valence-electron chi connectivity index (χ2n) is 5.17. The van der Waals surface area contributed by atoms with Crippen molar-refractivity contribution in [3.8, 4) is 0 Å². The first-order chi connectivity index (χ1) is 9.03. The minimum atomic E-state index is -3.37. The van der Waals surface area contributed by atoms with Crippen molar-refractivity contribution < 1.29 is 8.42 Å². The molecule has 1 aliphatic rings. The van der Waals surface area contributed by atoms with Gasteiger partial charge in [0.2, 0.25) is 10.0 Å². The number of sulfonamides is 1. The molecule has 1 aromatic rings. The van der Waals surface area contributed by atoms with Gasteiger partial charge in [0.05, 0.1) is 4.90 Å². The number of hydrogen-bond acceptors (Lipinski definition) is 3. The third-order valence-electron chi connectivity index (χ3n) is 3.24. The van der Waals surface area contributed by atoms with E-state index >= 15 is 0 Å². The lowest BCUT2D eigenvalue weighted by Gasteiger charge is -2.15. The molecule has 0 amide bonds. The minimum absolute atomic E-state index is 0.143. The van der Waals surface area contributed by atoms with Crippen LogP contribution in [0, 0.1) is 0 Å². The van der Waals surface area contributed by atoms with Gasteiger partial charge in [0.15, 0.2) is 0 Å². The van der Waals surface area contributed by atoms with E-state index in [9.17, 15) is 8.42 Å². The average Bonchev–Trinajstić information content (AvgIpc) is 3.13. The number of hydrogen-bond donors (Lipinski definition) is 2. The molecule has 106 valence electrons. The third-order valence-corrected chi connectivity index (χ3v) is 4.86. The van der Waals surface area contributed by atoms with Gasteiger partial charge in [-0.05, 0) is 44.4 Å². The van der Waals surface area contributed by atoms with Gasteiger partial charge < -0.3 is 5.32 Å². The monoisotopic (exact) mass is 282 g/mol. The highest BCUT2D eigenvalue weighted by Gasteiger charge is 2.29. The van der Waals surface area contributed by atoms with Crippen LogP contribution in [0.5, 0.6) is 0 Å². The van der Waals surface area contributed by atoms with Crippen molar-refractivity contribution >= 4 is 10.0 Å². The van der Waals surface area contributed by atoms with E-state index in [1.54, 1.807) is 12.1 Å². The van der Waals surface area contributed by atoms with Crippen molar-refractivity contribution in [1.29, 1.82) is 0 Å². The van der Waals surface area contributed by atoms with Gasteiger partial charge in [0.25, 0.3) is 0 Å². The van der Waals surface area contributed by atoms with E-state index < -0.39 is 10.0 Å². The fraction of sp³-hybridized carbons (Fsp3) is 0.571. The molecule has 1 atom stereocenters. The van der Waals surface area contributed by atoms with Crippen LogP contribution >= 0.6 is 0 Å². The maximum Gasteiger partial charge on any atom is 0.241 e. The summed E-state index contributed by atoms with van der Waals surface area (Å²) in [7, 11) is -3.37. The maximum atomic E-state index is 12.3. The molecule has 0 spiro atoms. The predicted octanol–water partition coefficient (Wildman–Crippen LogP) is 1.67. The molecule has 0 aliphatic heterocycles. The van der Waals surface area contributed by atoms with E-state index in [2.05, 4.69) is 17.0 Å². The lowest BCUT2D eigenvalue weighted by Crippen LogP contribution is -2.30. The summed E-state index contributed by atoms with van der Waals surface area (Å²) >= 11 is 0. The molecule has 2 rings (SSSR count). The zero-order valence-corrected chi connectivity index (χ0v) is 12.3. The minimum Gasteiger partial charge on any atom is -0.314 e. The highest BCUT2D eigenvalue weighted by molar-refractivity contribution is 7.89. The van der Waals surface area contributed by atoms with Crippen LogP contribution in [-0.2, 0) is 16.4 Å². The van der Waals surface area contributed by atoms with Crippen LogP contribution in [0.2, 0.25) is 0 Å². The quantitative estimate of drug-likeness (QED) is 0.800. The molecular formula is C14H22N2O2S. The SMILES string of the molecule is CCNC(C)Cc1ccccc1S(=O)(=O)NC1CC1. The van der Waals surface area contributed by atoms with Gasteiger partial charge in [0.1, 0.15) is 0 Å². The van der Waals surface area contributed by atoms with Crippen molar-refractivity contribution in [2.24, 2.45) is 0 Å². The molecule has 0 heterocycles. The van der Waals surface area contributed by atoms with Crippen LogP contribution in [0.3, 0.4) is 0 Å². The van der Waals surface area contributed by atoms with Crippen LogP contribution in [0.15, 0.2) is 29.2 Å². The molecule has 0 aromatic heterocycles. The molecule has 1 saturated carbocycles. The Bertz CT molecular complexity index is 524. The van der Waals surface area contributed by atoms with E-state index in [0.717, 1.165) is 31.4 Å². The molecule has 1 aliphatic carbocycles. The van der Waals surface area contributed by atoms with Crippen molar-refractivity contribution in [2.45, 2.75) is 50.1 Å². The highest BCUT2D eigenvalue weighted by atomic mass is 32.2. The largest absolute Gasteiger partial charge is 0.314 e. The molecule has 1 fully saturated rings. The van der Waals surface area contributed by atoms with E-state index in [1.165, 1.54) is 0 Å². The molecule has 0 saturated heterocycles. The number of likely N-dealkylation sites (N-methyl/N-ethyl adjacent to an activating group) is 1. The molecular weight excluding hydrogens is 260 g/mol. The Morgan fingerprint density at radius 3 is 2.63 bits per heavy atom. The summed E-state index contributed by atoms with van der Waals surface area (Å²) in [5, 5.41) is 3.31. The lowest BCUT2D eigenvalue weighted by atomic mass is 10.1. The fourth-order valence-electron chi connectivity index (χ4n) is 2.17. The zero-order chi connectivity index (χ0) is 13.9. The standard InChI is InChI=1S/C14H22N2O2S/c1-3-15-11(2)10-12-6-4-5-7-14(12)19(17,18)16-13-8-9-13/h4-7,11,13,15-16H,3,8-10H2,1-2H3.